The maximum Gasteiger partial charge on any atom is 0.255 e. The van der Waals surface area contributed by atoms with Crippen molar-refractivity contribution in [2.45, 2.75) is 12.8 Å². The van der Waals surface area contributed by atoms with Crippen LogP contribution in [0.4, 0.5) is 0 Å². The van der Waals surface area contributed by atoms with Crippen molar-refractivity contribution in [3.8, 4) is 17.1 Å². The Hall–Kier alpha value is -2.99. The van der Waals surface area contributed by atoms with Crippen molar-refractivity contribution in [1.82, 2.24) is 14.9 Å². The second-order valence-electron chi connectivity index (χ2n) is 7.38. The van der Waals surface area contributed by atoms with Gasteiger partial charge >= 0.3 is 0 Å². The molecule has 0 aliphatic carbocycles. The number of piperidine rings is 1. The largest absolute Gasteiger partial charge is 0.480 e. The number of benzene rings is 1. The number of fused-ring (bicyclic) bond motifs is 1. The third-order valence-corrected chi connectivity index (χ3v) is 5.38. The van der Waals surface area contributed by atoms with E-state index >= 15 is 0 Å². The van der Waals surface area contributed by atoms with Crippen LogP contribution in [-0.4, -0.2) is 54.7 Å². The van der Waals surface area contributed by atoms with E-state index in [1.807, 2.05) is 47.4 Å². The number of nitrogens with zero attached hydrogens (tertiary/aromatic N) is 3. The highest BCUT2D eigenvalue weighted by Crippen LogP contribution is 2.30. The Morgan fingerprint density at radius 1 is 1.21 bits per heavy atom. The van der Waals surface area contributed by atoms with Gasteiger partial charge in [-0.2, -0.15) is 0 Å². The van der Waals surface area contributed by atoms with Gasteiger partial charge in [0.15, 0.2) is 0 Å². The molecule has 29 heavy (non-hydrogen) atoms. The smallest absolute Gasteiger partial charge is 0.255 e. The Kier molecular flexibility index (Phi) is 5.71. The van der Waals surface area contributed by atoms with Crippen molar-refractivity contribution in [3.05, 3.63) is 54.2 Å². The molecular weight excluding hydrogens is 366 g/mol. The number of aromatic nitrogens is 2. The van der Waals surface area contributed by atoms with Gasteiger partial charge in [-0.15, -0.1) is 0 Å². The highest BCUT2D eigenvalue weighted by atomic mass is 16.5. The minimum atomic E-state index is 0.0217. The van der Waals surface area contributed by atoms with E-state index in [-0.39, 0.29) is 5.91 Å². The topological polar surface area (TPSA) is 64.5 Å². The number of amides is 1. The van der Waals surface area contributed by atoms with Crippen LogP contribution in [0.2, 0.25) is 0 Å². The van der Waals surface area contributed by atoms with Crippen molar-refractivity contribution in [3.63, 3.8) is 0 Å². The van der Waals surface area contributed by atoms with Gasteiger partial charge in [0.05, 0.1) is 36.1 Å². The maximum atomic E-state index is 12.9. The van der Waals surface area contributed by atoms with E-state index < -0.39 is 0 Å². The van der Waals surface area contributed by atoms with Gasteiger partial charge in [-0.25, -0.2) is 4.98 Å². The van der Waals surface area contributed by atoms with Crippen LogP contribution in [0.15, 0.2) is 48.7 Å². The number of hydrogen-bond acceptors (Lipinski definition) is 5. The summed E-state index contributed by atoms with van der Waals surface area (Å²) < 4.78 is 10.7. The van der Waals surface area contributed by atoms with Crippen molar-refractivity contribution < 1.29 is 14.3 Å². The lowest BCUT2D eigenvalue weighted by molar-refractivity contribution is 0.0570. The number of carbonyl (C=O) groups excluding carboxylic acids is 1. The summed E-state index contributed by atoms with van der Waals surface area (Å²) in [7, 11) is 3.31. The molecule has 0 saturated carbocycles. The van der Waals surface area contributed by atoms with Crippen LogP contribution < -0.4 is 4.74 Å². The van der Waals surface area contributed by atoms with Crippen molar-refractivity contribution in [1.29, 1.82) is 0 Å². The molecule has 3 heterocycles. The number of hydrogen-bond donors (Lipinski definition) is 0. The first-order valence-electron chi connectivity index (χ1n) is 9.88. The second kappa shape index (κ2) is 8.57. The quantitative estimate of drug-likeness (QED) is 0.662. The molecular formula is C23H25N3O3. The number of pyridine rings is 2. The van der Waals surface area contributed by atoms with Gasteiger partial charge in [0.2, 0.25) is 5.88 Å². The van der Waals surface area contributed by atoms with E-state index in [1.54, 1.807) is 20.4 Å². The predicted molar refractivity (Wildman–Crippen MR) is 112 cm³/mol. The molecule has 4 rings (SSSR count). The fraction of sp³-hybridized carbons (Fsp3) is 0.348. The molecule has 6 nitrogen and oxygen atoms in total. The average Bonchev–Trinajstić information content (AvgIpc) is 2.78. The zero-order chi connectivity index (χ0) is 20.2. The normalized spacial score (nSPS) is 16.8. The zero-order valence-electron chi connectivity index (χ0n) is 16.8. The first-order chi connectivity index (χ1) is 14.2. The van der Waals surface area contributed by atoms with Crippen molar-refractivity contribution >= 4 is 16.8 Å². The van der Waals surface area contributed by atoms with Gasteiger partial charge in [-0.1, -0.05) is 18.2 Å². The Morgan fingerprint density at radius 3 is 2.83 bits per heavy atom. The molecule has 1 aliphatic rings. The van der Waals surface area contributed by atoms with Crippen LogP contribution in [0.25, 0.3) is 22.2 Å². The lowest BCUT2D eigenvalue weighted by Crippen LogP contribution is -2.41. The van der Waals surface area contributed by atoms with E-state index in [0.717, 1.165) is 48.1 Å². The van der Waals surface area contributed by atoms with E-state index in [9.17, 15) is 4.79 Å². The molecule has 0 N–H and O–H groups in total. The molecule has 2 aromatic heterocycles. The molecule has 0 bridgehead atoms. The highest BCUT2D eigenvalue weighted by molar-refractivity contribution is 5.94. The summed E-state index contributed by atoms with van der Waals surface area (Å²) in [6.07, 6.45) is 3.75. The second-order valence-corrected chi connectivity index (χ2v) is 7.38. The molecule has 1 aliphatic heterocycles. The fourth-order valence-electron chi connectivity index (χ4n) is 3.92. The van der Waals surface area contributed by atoms with Gasteiger partial charge in [0, 0.05) is 31.8 Å². The predicted octanol–water partition coefficient (Wildman–Crippen LogP) is 3.80. The van der Waals surface area contributed by atoms with Crippen LogP contribution in [0, 0.1) is 5.92 Å². The molecule has 150 valence electrons. The third kappa shape index (κ3) is 4.07. The van der Waals surface area contributed by atoms with Gasteiger partial charge in [-0.05, 0) is 43.0 Å². The first kappa shape index (κ1) is 19.3. The summed E-state index contributed by atoms with van der Waals surface area (Å²) in [6, 6.07) is 13.6. The van der Waals surface area contributed by atoms with E-state index in [4.69, 9.17) is 9.47 Å². The lowest BCUT2D eigenvalue weighted by Gasteiger charge is -2.32. The zero-order valence-corrected chi connectivity index (χ0v) is 16.8. The fourth-order valence-corrected chi connectivity index (χ4v) is 3.92. The van der Waals surface area contributed by atoms with Crippen molar-refractivity contribution in [2.75, 3.05) is 33.9 Å². The average molecular weight is 391 g/mol. The Bertz CT molecular complexity index is 1000. The highest BCUT2D eigenvalue weighted by Gasteiger charge is 2.24. The summed E-state index contributed by atoms with van der Waals surface area (Å²) in [5.74, 6) is 0.944. The van der Waals surface area contributed by atoms with Crippen LogP contribution in [0.3, 0.4) is 0 Å². The van der Waals surface area contributed by atoms with Crippen LogP contribution >= 0.6 is 0 Å². The lowest BCUT2D eigenvalue weighted by atomic mass is 9.98. The number of likely N-dealkylation sites (tertiary alicyclic amines) is 1. The Morgan fingerprint density at radius 2 is 2.07 bits per heavy atom. The molecule has 1 aromatic carbocycles. The van der Waals surface area contributed by atoms with Gasteiger partial charge in [0.1, 0.15) is 0 Å². The SMILES string of the molecule is COC[C@@H]1CCCN(C(=O)c2ccc(-c3cc4ccccc4nc3OC)nc2)C1. The molecule has 1 saturated heterocycles. The molecule has 0 unspecified atom stereocenters. The number of methoxy groups -OCH3 is 2. The number of carbonyl (C=O) groups is 1. The maximum absolute atomic E-state index is 12.9. The first-order valence-corrected chi connectivity index (χ1v) is 9.88. The van der Waals surface area contributed by atoms with Crippen LogP contribution in [0.5, 0.6) is 5.88 Å². The Balaban J connectivity index is 1.58. The van der Waals surface area contributed by atoms with Gasteiger partial charge in [-0.3, -0.25) is 9.78 Å². The van der Waals surface area contributed by atoms with E-state index in [2.05, 4.69) is 9.97 Å². The van der Waals surface area contributed by atoms with Crippen LogP contribution in [-0.2, 0) is 4.74 Å². The summed E-state index contributed by atoms with van der Waals surface area (Å²) in [6.45, 7) is 2.20. The summed E-state index contributed by atoms with van der Waals surface area (Å²) >= 11 is 0. The third-order valence-electron chi connectivity index (χ3n) is 5.38. The number of rotatable bonds is 5. The summed E-state index contributed by atoms with van der Waals surface area (Å²) in [5.41, 5.74) is 3.01. The minimum Gasteiger partial charge on any atom is -0.480 e. The molecule has 6 heteroatoms. The number of ether oxygens (including phenoxy) is 2. The molecule has 1 atom stereocenters. The Labute approximate surface area is 170 Å². The van der Waals surface area contributed by atoms with E-state index in [0.29, 0.717) is 24.0 Å². The molecule has 3 aromatic rings. The monoisotopic (exact) mass is 391 g/mol. The molecule has 0 spiro atoms. The van der Waals surface area contributed by atoms with Crippen LogP contribution in [0.1, 0.15) is 23.2 Å². The van der Waals surface area contributed by atoms with Gasteiger partial charge in [0.25, 0.3) is 5.91 Å². The summed E-state index contributed by atoms with van der Waals surface area (Å²) in [5, 5.41) is 1.02. The summed E-state index contributed by atoms with van der Waals surface area (Å²) in [4.78, 5) is 23.9. The molecule has 1 fully saturated rings. The number of para-hydroxylation sites is 1. The minimum absolute atomic E-state index is 0.0217. The molecule has 0 radical (unpaired) electrons. The van der Waals surface area contributed by atoms with E-state index in [1.165, 1.54) is 0 Å². The van der Waals surface area contributed by atoms with Crippen molar-refractivity contribution in [2.24, 2.45) is 5.92 Å². The standard InChI is InChI=1S/C23H25N3O3/c1-28-15-16-6-5-11-26(14-16)23(27)18-9-10-21(24-13-18)19-12-17-7-3-4-8-20(17)25-22(19)29-2/h3-4,7-10,12-13,16H,5-6,11,14-15H2,1-2H3/t16-/m1/s1. The van der Waals surface area contributed by atoms with Gasteiger partial charge < -0.3 is 14.4 Å². The molecule has 1 amide bonds.